The summed E-state index contributed by atoms with van der Waals surface area (Å²) in [6.45, 7) is 3.03. The van der Waals surface area contributed by atoms with Crippen molar-refractivity contribution in [2.24, 2.45) is 5.92 Å². The highest BCUT2D eigenvalue weighted by atomic mass is 16.5. The van der Waals surface area contributed by atoms with Gasteiger partial charge in [0.15, 0.2) is 0 Å². The summed E-state index contributed by atoms with van der Waals surface area (Å²) in [5.74, 6) is -0.991. The smallest absolute Gasteiger partial charge is 0.337 e. The average molecular weight is 318 g/mol. The summed E-state index contributed by atoms with van der Waals surface area (Å²) < 4.78 is 4.69. The van der Waals surface area contributed by atoms with Crippen LogP contribution >= 0.6 is 0 Å². The van der Waals surface area contributed by atoms with E-state index < -0.39 is 5.97 Å². The Bertz CT molecular complexity index is 600. The monoisotopic (exact) mass is 318 g/mol. The minimum absolute atomic E-state index is 0.0848. The molecule has 1 aromatic carbocycles. The van der Waals surface area contributed by atoms with Crippen LogP contribution in [0.4, 0.5) is 5.69 Å². The molecule has 6 nitrogen and oxygen atoms in total. The molecule has 0 aliphatic carbocycles. The Morgan fingerprint density at radius 1 is 1.39 bits per heavy atom. The molecule has 0 saturated carbocycles. The third-order valence-electron chi connectivity index (χ3n) is 3.90. The molecule has 0 bridgehead atoms. The lowest BCUT2D eigenvalue weighted by molar-refractivity contribution is -0.126. The number of carbonyl (C=O) groups is 3. The van der Waals surface area contributed by atoms with Crippen molar-refractivity contribution < 1.29 is 19.1 Å². The van der Waals surface area contributed by atoms with Crippen LogP contribution in [0, 0.1) is 5.92 Å². The number of hydrogen-bond donors (Lipinski definition) is 1. The first-order chi connectivity index (χ1) is 11.1. The fraction of sp³-hybridized carbons (Fsp3) is 0.471. The summed E-state index contributed by atoms with van der Waals surface area (Å²) in [6, 6.07) is 6.69. The van der Waals surface area contributed by atoms with Gasteiger partial charge in [-0.25, -0.2) is 4.79 Å². The molecule has 2 rings (SSSR count). The molecule has 1 saturated heterocycles. The van der Waals surface area contributed by atoms with E-state index in [9.17, 15) is 14.4 Å². The molecule has 2 amide bonds. The van der Waals surface area contributed by atoms with Gasteiger partial charge in [0.1, 0.15) is 0 Å². The lowest BCUT2D eigenvalue weighted by atomic mass is 10.1. The van der Waals surface area contributed by atoms with Crippen molar-refractivity contribution in [2.75, 3.05) is 25.1 Å². The van der Waals surface area contributed by atoms with E-state index in [-0.39, 0.29) is 24.2 Å². The van der Waals surface area contributed by atoms with Crippen molar-refractivity contribution >= 4 is 23.5 Å². The topological polar surface area (TPSA) is 75.7 Å². The first-order valence-electron chi connectivity index (χ1n) is 7.83. The Kier molecular flexibility index (Phi) is 5.73. The summed E-state index contributed by atoms with van der Waals surface area (Å²) in [4.78, 5) is 37.4. The molecule has 23 heavy (non-hydrogen) atoms. The Balaban J connectivity index is 2.05. The number of unbranched alkanes of at least 4 members (excludes halogenated alkanes) is 1. The van der Waals surface area contributed by atoms with Crippen LogP contribution in [0.25, 0.3) is 0 Å². The van der Waals surface area contributed by atoms with Gasteiger partial charge in [-0.1, -0.05) is 19.4 Å². The predicted octanol–water partition coefficient (Wildman–Crippen LogP) is 1.74. The minimum atomic E-state index is -0.452. The van der Waals surface area contributed by atoms with Gasteiger partial charge in [0.05, 0.1) is 18.6 Å². The number of benzene rings is 1. The maximum absolute atomic E-state index is 12.2. The molecule has 0 radical (unpaired) electrons. The first kappa shape index (κ1) is 17.0. The highest BCUT2D eigenvalue weighted by Gasteiger charge is 2.35. The van der Waals surface area contributed by atoms with Crippen molar-refractivity contribution in [1.29, 1.82) is 0 Å². The van der Waals surface area contributed by atoms with E-state index in [2.05, 4.69) is 17.0 Å². The van der Waals surface area contributed by atoms with Crippen LogP contribution in [0.1, 0.15) is 36.5 Å². The third-order valence-corrected chi connectivity index (χ3v) is 3.90. The van der Waals surface area contributed by atoms with Crippen molar-refractivity contribution in [3.8, 4) is 0 Å². The van der Waals surface area contributed by atoms with E-state index in [0.717, 1.165) is 12.8 Å². The summed E-state index contributed by atoms with van der Waals surface area (Å²) in [5.41, 5.74) is 0.996. The summed E-state index contributed by atoms with van der Waals surface area (Å²) in [7, 11) is 1.31. The molecule has 1 aromatic rings. The van der Waals surface area contributed by atoms with Gasteiger partial charge in [-0.3, -0.25) is 9.59 Å². The Morgan fingerprint density at radius 2 is 2.17 bits per heavy atom. The standard InChI is InChI=1S/C17H22N2O4/c1-3-4-8-18-16(21)13-10-15(20)19(11-13)14-7-5-6-12(9-14)17(22)23-2/h5-7,9,13H,3-4,8,10-11H2,1-2H3,(H,18,21). The second kappa shape index (κ2) is 7.76. The van der Waals surface area contributed by atoms with Crippen molar-refractivity contribution in [1.82, 2.24) is 5.32 Å². The molecule has 1 atom stereocenters. The number of hydrogen-bond acceptors (Lipinski definition) is 4. The van der Waals surface area contributed by atoms with Gasteiger partial charge in [0.2, 0.25) is 11.8 Å². The van der Waals surface area contributed by atoms with E-state index in [1.807, 2.05) is 0 Å². The van der Waals surface area contributed by atoms with Crippen molar-refractivity contribution in [2.45, 2.75) is 26.2 Å². The summed E-state index contributed by atoms with van der Waals surface area (Å²) >= 11 is 0. The second-order valence-electron chi connectivity index (χ2n) is 5.59. The number of nitrogens with one attached hydrogen (secondary N) is 1. The van der Waals surface area contributed by atoms with Gasteiger partial charge < -0.3 is 15.0 Å². The molecular formula is C17H22N2O4. The molecule has 1 unspecified atom stereocenters. The molecule has 6 heteroatoms. The number of amides is 2. The van der Waals surface area contributed by atoms with Gasteiger partial charge in [-0.05, 0) is 24.6 Å². The maximum Gasteiger partial charge on any atom is 0.337 e. The Hall–Kier alpha value is -2.37. The van der Waals surface area contributed by atoms with Gasteiger partial charge in [-0.2, -0.15) is 0 Å². The lowest BCUT2D eigenvalue weighted by Gasteiger charge is -2.17. The molecule has 1 aliphatic rings. The number of carbonyl (C=O) groups excluding carboxylic acids is 3. The first-order valence-corrected chi connectivity index (χ1v) is 7.83. The van der Waals surface area contributed by atoms with Crippen LogP contribution in [-0.4, -0.2) is 38.0 Å². The number of esters is 1. The zero-order chi connectivity index (χ0) is 16.8. The van der Waals surface area contributed by atoms with Gasteiger partial charge in [0, 0.05) is 25.2 Å². The Morgan fingerprint density at radius 3 is 2.87 bits per heavy atom. The van der Waals surface area contributed by atoms with Crippen LogP contribution < -0.4 is 10.2 Å². The average Bonchev–Trinajstić information content (AvgIpc) is 2.96. The number of rotatable bonds is 6. The SMILES string of the molecule is CCCCNC(=O)C1CC(=O)N(c2cccc(C(=O)OC)c2)C1. The molecule has 1 heterocycles. The van der Waals surface area contributed by atoms with Gasteiger partial charge in [-0.15, -0.1) is 0 Å². The molecule has 1 aliphatic heterocycles. The van der Waals surface area contributed by atoms with Crippen molar-refractivity contribution in [3.63, 3.8) is 0 Å². The van der Waals surface area contributed by atoms with E-state index in [1.165, 1.54) is 7.11 Å². The van der Waals surface area contributed by atoms with Crippen LogP contribution in [-0.2, 0) is 14.3 Å². The highest BCUT2D eigenvalue weighted by molar-refractivity contribution is 6.01. The normalized spacial score (nSPS) is 17.2. The van der Waals surface area contributed by atoms with Crippen molar-refractivity contribution in [3.05, 3.63) is 29.8 Å². The molecule has 124 valence electrons. The lowest BCUT2D eigenvalue weighted by Crippen LogP contribution is -2.33. The minimum Gasteiger partial charge on any atom is -0.465 e. The predicted molar refractivity (Wildman–Crippen MR) is 86.2 cm³/mol. The van der Waals surface area contributed by atoms with E-state index in [4.69, 9.17) is 0 Å². The second-order valence-corrected chi connectivity index (χ2v) is 5.59. The highest BCUT2D eigenvalue weighted by Crippen LogP contribution is 2.26. The molecular weight excluding hydrogens is 296 g/mol. The van der Waals surface area contributed by atoms with Crippen LogP contribution in [0.15, 0.2) is 24.3 Å². The summed E-state index contributed by atoms with van der Waals surface area (Å²) in [6.07, 6.45) is 2.13. The molecule has 0 spiro atoms. The van der Waals surface area contributed by atoms with E-state index >= 15 is 0 Å². The van der Waals surface area contributed by atoms with Gasteiger partial charge in [0.25, 0.3) is 0 Å². The molecule has 1 N–H and O–H groups in total. The number of anilines is 1. The Labute approximate surface area is 135 Å². The van der Waals surface area contributed by atoms with Gasteiger partial charge >= 0.3 is 5.97 Å². The van der Waals surface area contributed by atoms with Crippen LogP contribution in [0.3, 0.4) is 0 Å². The zero-order valence-electron chi connectivity index (χ0n) is 13.5. The molecule has 0 aromatic heterocycles. The fourth-order valence-corrected chi connectivity index (χ4v) is 2.58. The fourth-order valence-electron chi connectivity index (χ4n) is 2.58. The van der Waals surface area contributed by atoms with E-state index in [0.29, 0.717) is 24.3 Å². The number of methoxy groups -OCH3 is 1. The largest absolute Gasteiger partial charge is 0.465 e. The number of nitrogens with zero attached hydrogens (tertiary/aromatic N) is 1. The van der Waals surface area contributed by atoms with Crippen LogP contribution in [0.2, 0.25) is 0 Å². The zero-order valence-corrected chi connectivity index (χ0v) is 13.5. The van der Waals surface area contributed by atoms with E-state index in [1.54, 1.807) is 29.2 Å². The number of ether oxygens (including phenoxy) is 1. The quantitative estimate of drug-likeness (QED) is 0.640. The maximum atomic E-state index is 12.2. The summed E-state index contributed by atoms with van der Waals surface area (Å²) in [5, 5.41) is 2.86. The third kappa shape index (κ3) is 4.09. The molecule has 1 fully saturated rings. The van der Waals surface area contributed by atoms with Crippen LogP contribution in [0.5, 0.6) is 0 Å².